The largest absolute Gasteiger partial charge is 0.353 e. The fraction of sp³-hybridized carbons (Fsp3) is 0.421. The summed E-state index contributed by atoms with van der Waals surface area (Å²) in [6.07, 6.45) is 1.03. The van der Waals surface area contributed by atoms with Gasteiger partial charge in [0, 0.05) is 44.9 Å². The Kier molecular flexibility index (Phi) is 5.16. The van der Waals surface area contributed by atoms with E-state index in [2.05, 4.69) is 51.4 Å². The lowest BCUT2D eigenvalue weighted by molar-refractivity contribution is -0.129. The van der Waals surface area contributed by atoms with Crippen LogP contribution >= 0.6 is 0 Å². The van der Waals surface area contributed by atoms with Crippen LogP contribution in [0, 0.1) is 6.92 Å². The number of anilines is 3. The lowest BCUT2D eigenvalue weighted by Gasteiger charge is -2.35. The highest BCUT2D eigenvalue weighted by molar-refractivity contribution is 5.73. The predicted molar refractivity (Wildman–Crippen MR) is 100 cm³/mol. The lowest BCUT2D eigenvalue weighted by Crippen LogP contribution is -2.48. The number of benzene rings is 1. The van der Waals surface area contributed by atoms with Crippen LogP contribution in [0.5, 0.6) is 0 Å². The van der Waals surface area contributed by atoms with Gasteiger partial charge in [-0.25, -0.2) is 9.97 Å². The Morgan fingerprint density at radius 1 is 1.12 bits per heavy atom. The van der Waals surface area contributed by atoms with Gasteiger partial charge in [0.05, 0.1) is 0 Å². The Hall–Kier alpha value is -2.63. The summed E-state index contributed by atoms with van der Waals surface area (Å²) in [6.45, 7) is 8.73. The van der Waals surface area contributed by atoms with E-state index in [1.807, 2.05) is 17.9 Å². The zero-order chi connectivity index (χ0) is 17.8. The van der Waals surface area contributed by atoms with Gasteiger partial charge >= 0.3 is 0 Å². The van der Waals surface area contributed by atoms with Crippen molar-refractivity contribution in [1.29, 1.82) is 0 Å². The van der Waals surface area contributed by atoms with Crippen LogP contribution in [0.1, 0.15) is 25.2 Å². The van der Waals surface area contributed by atoms with Gasteiger partial charge < -0.3 is 15.1 Å². The molecule has 2 aromatic rings. The minimum absolute atomic E-state index is 0.136. The summed E-state index contributed by atoms with van der Waals surface area (Å²) in [5, 5.41) is 3.36. The Bertz CT molecular complexity index is 736. The molecule has 1 amide bonds. The van der Waals surface area contributed by atoms with Crippen molar-refractivity contribution in [2.45, 2.75) is 27.2 Å². The second-order valence-corrected chi connectivity index (χ2v) is 6.33. The molecule has 0 bridgehead atoms. The van der Waals surface area contributed by atoms with E-state index in [4.69, 9.17) is 0 Å². The van der Waals surface area contributed by atoms with Crippen molar-refractivity contribution in [3.05, 3.63) is 41.7 Å². The second kappa shape index (κ2) is 7.51. The molecule has 1 aliphatic heterocycles. The van der Waals surface area contributed by atoms with Crippen molar-refractivity contribution in [3.8, 4) is 0 Å². The van der Waals surface area contributed by atoms with Gasteiger partial charge in [-0.3, -0.25) is 4.79 Å². The predicted octanol–water partition coefficient (Wildman–Crippen LogP) is 2.76. The first kappa shape index (κ1) is 17.2. The Morgan fingerprint density at radius 3 is 2.40 bits per heavy atom. The highest BCUT2D eigenvalue weighted by Gasteiger charge is 2.20. The summed E-state index contributed by atoms with van der Waals surface area (Å²) < 4.78 is 0. The minimum atomic E-state index is 0.136. The third kappa shape index (κ3) is 4.26. The molecule has 6 nitrogen and oxygen atoms in total. The molecule has 1 saturated heterocycles. The molecule has 132 valence electrons. The maximum absolute atomic E-state index is 11.5. The quantitative estimate of drug-likeness (QED) is 0.928. The number of nitrogens with one attached hydrogen (secondary N) is 1. The van der Waals surface area contributed by atoms with Crippen molar-refractivity contribution in [2.24, 2.45) is 0 Å². The Morgan fingerprint density at radius 2 is 1.80 bits per heavy atom. The first-order valence-corrected chi connectivity index (χ1v) is 8.77. The molecule has 1 aliphatic rings. The van der Waals surface area contributed by atoms with Crippen LogP contribution in [-0.2, 0) is 11.2 Å². The number of carbonyl (C=O) groups is 1. The van der Waals surface area contributed by atoms with E-state index in [1.165, 1.54) is 5.56 Å². The van der Waals surface area contributed by atoms with E-state index < -0.39 is 0 Å². The van der Waals surface area contributed by atoms with Crippen molar-refractivity contribution in [3.63, 3.8) is 0 Å². The molecule has 0 saturated carbocycles. The molecule has 1 N–H and O–H groups in total. The average molecular weight is 339 g/mol. The fourth-order valence-corrected chi connectivity index (χ4v) is 3.00. The summed E-state index contributed by atoms with van der Waals surface area (Å²) >= 11 is 0. The van der Waals surface area contributed by atoms with E-state index >= 15 is 0 Å². The van der Waals surface area contributed by atoms with Gasteiger partial charge in [-0.2, -0.15) is 0 Å². The van der Waals surface area contributed by atoms with Crippen molar-refractivity contribution < 1.29 is 4.79 Å². The van der Waals surface area contributed by atoms with Crippen LogP contribution in [0.4, 0.5) is 17.3 Å². The molecular formula is C19H25N5O. The fourth-order valence-electron chi connectivity index (χ4n) is 3.00. The second-order valence-electron chi connectivity index (χ2n) is 6.33. The topological polar surface area (TPSA) is 61.4 Å². The number of nitrogens with zero attached hydrogens (tertiary/aromatic N) is 4. The van der Waals surface area contributed by atoms with Gasteiger partial charge in [-0.15, -0.1) is 0 Å². The molecular weight excluding hydrogens is 314 g/mol. The number of carbonyl (C=O) groups excluding carboxylic acids is 1. The van der Waals surface area contributed by atoms with E-state index in [0.717, 1.165) is 55.7 Å². The molecule has 1 aromatic carbocycles. The number of rotatable bonds is 4. The molecule has 0 spiro atoms. The molecule has 3 rings (SSSR count). The number of piperazine rings is 1. The molecule has 1 aromatic heterocycles. The van der Waals surface area contributed by atoms with Crippen LogP contribution in [-0.4, -0.2) is 47.0 Å². The third-order valence-corrected chi connectivity index (χ3v) is 4.51. The SMILES string of the molecule is CCc1ccc(Nc2cc(N3CCN(C(C)=O)CC3)nc(C)n2)cc1. The zero-order valence-electron chi connectivity index (χ0n) is 15.1. The monoisotopic (exact) mass is 339 g/mol. The van der Waals surface area contributed by atoms with E-state index in [9.17, 15) is 4.79 Å². The first-order valence-electron chi connectivity index (χ1n) is 8.77. The Labute approximate surface area is 148 Å². The van der Waals surface area contributed by atoms with Gasteiger partial charge in [0.1, 0.15) is 17.5 Å². The summed E-state index contributed by atoms with van der Waals surface area (Å²) in [5.41, 5.74) is 2.33. The van der Waals surface area contributed by atoms with Crippen molar-refractivity contribution >= 4 is 23.2 Å². The molecule has 0 radical (unpaired) electrons. The average Bonchev–Trinajstić information content (AvgIpc) is 2.62. The van der Waals surface area contributed by atoms with Crippen LogP contribution in [0.15, 0.2) is 30.3 Å². The molecule has 1 fully saturated rings. The van der Waals surface area contributed by atoms with Gasteiger partial charge in [-0.1, -0.05) is 19.1 Å². The maximum Gasteiger partial charge on any atom is 0.219 e. The third-order valence-electron chi connectivity index (χ3n) is 4.51. The first-order chi connectivity index (χ1) is 12.0. The smallest absolute Gasteiger partial charge is 0.219 e. The standard InChI is InChI=1S/C19H25N5O/c1-4-16-5-7-17(8-6-16)22-18-13-19(21-14(2)20-18)24-11-9-23(10-12-24)15(3)25/h5-8,13H,4,9-12H2,1-3H3,(H,20,21,22). The summed E-state index contributed by atoms with van der Waals surface area (Å²) in [5.74, 6) is 2.57. The van der Waals surface area contributed by atoms with Crippen LogP contribution in [0.2, 0.25) is 0 Å². The number of hydrogen-bond donors (Lipinski definition) is 1. The summed E-state index contributed by atoms with van der Waals surface area (Å²) in [6, 6.07) is 10.4. The highest BCUT2D eigenvalue weighted by Crippen LogP contribution is 2.21. The molecule has 0 atom stereocenters. The molecule has 2 heterocycles. The van der Waals surface area contributed by atoms with Crippen LogP contribution in [0.3, 0.4) is 0 Å². The van der Waals surface area contributed by atoms with Gasteiger partial charge in [0.2, 0.25) is 5.91 Å². The normalized spacial score (nSPS) is 14.5. The number of aromatic nitrogens is 2. The number of hydrogen-bond acceptors (Lipinski definition) is 5. The molecule has 25 heavy (non-hydrogen) atoms. The summed E-state index contributed by atoms with van der Waals surface area (Å²) in [4.78, 5) is 24.6. The van der Waals surface area contributed by atoms with Gasteiger partial charge in [0.25, 0.3) is 0 Å². The van der Waals surface area contributed by atoms with E-state index in [0.29, 0.717) is 0 Å². The van der Waals surface area contributed by atoms with Gasteiger partial charge in [-0.05, 0) is 31.0 Å². The van der Waals surface area contributed by atoms with Crippen molar-refractivity contribution in [1.82, 2.24) is 14.9 Å². The molecule has 0 unspecified atom stereocenters. The maximum atomic E-state index is 11.5. The van der Waals surface area contributed by atoms with E-state index in [1.54, 1.807) is 6.92 Å². The highest BCUT2D eigenvalue weighted by atomic mass is 16.2. The Balaban J connectivity index is 1.73. The van der Waals surface area contributed by atoms with Crippen LogP contribution in [0.25, 0.3) is 0 Å². The van der Waals surface area contributed by atoms with Crippen LogP contribution < -0.4 is 10.2 Å². The number of aryl methyl sites for hydroxylation is 2. The van der Waals surface area contributed by atoms with Crippen molar-refractivity contribution in [2.75, 3.05) is 36.4 Å². The molecule has 6 heteroatoms. The zero-order valence-corrected chi connectivity index (χ0v) is 15.1. The van der Waals surface area contributed by atoms with E-state index in [-0.39, 0.29) is 5.91 Å². The lowest BCUT2D eigenvalue weighted by atomic mass is 10.1. The van der Waals surface area contributed by atoms with Gasteiger partial charge in [0.15, 0.2) is 0 Å². The summed E-state index contributed by atoms with van der Waals surface area (Å²) in [7, 11) is 0. The molecule has 0 aliphatic carbocycles. The number of amides is 1. The minimum Gasteiger partial charge on any atom is -0.353 e.